The van der Waals surface area contributed by atoms with Gasteiger partial charge in [-0.1, -0.05) is 29.8 Å². The Labute approximate surface area is 175 Å². The molecule has 0 atom stereocenters. The van der Waals surface area contributed by atoms with Gasteiger partial charge in [-0.2, -0.15) is 5.10 Å². The fourth-order valence-corrected chi connectivity index (χ4v) is 4.10. The van der Waals surface area contributed by atoms with Crippen LogP contribution in [0.4, 0.5) is 0 Å². The van der Waals surface area contributed by atoms with E-state index in [0.717, 1.165) is 47.5 Å². The van der Waals surface area contributed by atoms with Gasteiger partial charge in [0.25, 0.3) is 0 Å². The topological polar surface area (TPSA) is 72.7 Å². The summed E-state index contributed by atoms with van der Waals surface area (Å²) in [5, 5.41) is 8.44. The van der Waals surface area contributed by atoms with Crippen LogP contribution < -0.4 is 5.32 Å². The first-order chi connectivity index (χ1) is 14.2. The lowest BCUT2D eigenvalue weighted by atomic mass is 9.91. The van der Waals surface area contributed by atoms with Crippen molar-refractivity contribution in [2.24, 2.45) is 0 Å². The maximum Gasteiger partial charge on any atom is 0.220 e. The largest absolute Gasteiger partial charge is 0.353 e. The van der Waals surface area contributed by atoms with Crippen molar-refractivity contribution in [3.8, 4) is 11.3 Å². The monoisotopic (exact) mass is 409 g/mol. The maximum atomic E-state index is 12.3. The van der Waals surface area contributed by atoms with E-state index in [1.807, 2.05) is 41.2 Å². The van der Waals surface area contributed by atoms with Crippen molar-refractivity contribution in [2.45, 2.75) is 50.6 Å². The number of halogens is 1. The Morgan fingerprint density at radius 2 is 2.00 bits per heavy atom. The Kier molecular flexibility index (Phi) is 6.20. The average molecular weight is 410 g/mol. The van der Waals surface area contributed by atoms with Crippen LogP contribution in [-0.4, -0.2) is 31.7 Å². The highest BCUT2D eigenvalue weighted by Crippen LogP contribution is 2.29. The summed E-state index contributed by atoms with van der Waals surface area (Å²) in [4.78, 5) is 20.6. The molecule has 1 aliphatic rings. The van der Waals surface area contributed by atoms with Crippen molar-refractivity contribution in [2.75, 3.05) is 0 Å². The molecule has 1 saturated carbocycles. The van der Waals surface area contributed by atoms with Crippen LogP contribution in [0.1, 0.15) is 43.7 Å². The highest BCUT2D eigenvalue weighted by molar-refractivity contribution is 6.31. The normalized spacial score (nSPS) is 19.1. The fraction of sp³-hybridized carbons (Fsp3) is 0.364. The molecule has 0 saturated heterocycles. The third-order valence-corrected chi connectivity index (χ3v) is 5.86. The highest BCUT2D eigenvalue weighted by Gasteiger charge is 2.24. The third kappa shape index (κ3) is 5.01. The van der Waals surface area contributed by atoms with E-state index in [4.69, 9.17) is 11.6 Å². The summed E-state index contributed by atoms with van der Waals surface area (Å²) in [7, 11) is 0. The van der Waals surface area contributed by atoms with E-state index < -0.39 is 0 Å². The second-order valence-electron chi connectivity index (χ2n) is 7.47. The molecule has 4 rings (SSSR count). The lowest BCUT2D eigenvalue weighted by molar-refractivity contribution is -0.122. The van der Waals surface area contributed by atoms with E-state index in [2.05, 4.69) is 26.6 Å². The molecule has 7 heteroatoms. The van der Waals surface area contributed by atoms with E-state index in [1.165, 1.54) is 0 Å². The van der Waals surface area contributed by atoms with Crippen molar-refractivity contribution in [1.82, 2.24) is 25.1 Å². The molecule has 0 radical (unpaired) electrons. The second-order valence-corrected chi connectivity index (χ2v) is 7.88. The van der Waals surface area contributed by atoms with E-state index in [9.17, 15) is 4.79 Å². The number of amides is 1. The van der Waals surface area contributed by atoms with Crippen molar-refractivity contribution < 1.29 is 4.79 Å². The second kappa shape index (κ2) is 9.18. The number of carbonyl (C=O) groups is 1. The van der Waals surface area contributed by atoms with Crippen molar-refractivity contribution in [3.63, 3.8) is 0 Å². The molecule has 0 aliphatic heterocycles. The molecule has 29 heavy (non-hydrogen) atoms. The number of carbonyl (C=O) groups excluding carboxylic acids is 1. The van der Waals surface area contributed by atoms with Crippen LogP contribution >= 0.6 is 11.6 Å². The zero-order valence-electron chi connectivity index (χ0n) is 16.2. The molecule has 1 N–H and O–H groups in total. The van der Waals surface area contributed by atoms with Gasteiger partial charge >= 0.3 is 0 Å². The Balaban J connectivity index is 1.25. The summed E-state index contributed by atoms with van der Waals surface area (Å²) in [6, 6.07) is 10.2. The molecule has 0 bridgehead atoms. The minimum atomic E-state index is 0.0958. The van der Waals surface area contributed by atoms with Gasteiger partial charge in [0.15, 0.2) is 0 Å². The van der Waals surface area contributed by atoms with Crippen LogP contribution in [0.15, 0.2) is 55.2 Å². The minimum Gasteiger partial charge on any atom is -0.353 e. The summed E-state index contributed by atoms with van der Waals surface area (Å²) in [6.07, 6.45) is 12.2. The first kappa shape index (κ1) is 19.6. The van der Waals surface area contributed by atoms with Gasteiger partial charge < -0.3 is 5.32 Å². The first-order valence-electron chi connectivity index (χ1n) is 10.0. The van der Waals surface area contributed by atoms with E-state index >= 15 is 0 Å². The summed E-state index contributed by atoms with van der Waals surface area (Å²) in [5.74, 6) is 0.0958. The number of aromatic nitrogens is 4. The van der Waals surface area contributed by atoms with Crippen molar-refractivity contribution >= 4 is 17.5 Å². The maximum absolute atomic E-state index is 12.3. The molecule has 6 nitrogen and oxygen atoms in total. The molecule has 1 aromatic carbocycles. The molecule has 3 aromatic rings. The Hall–Kier alpha value is -2.73. The van der Waals surface area contributed by atoms with Crippen LogP contribution in [0.25, 0.3) is 11.3 Å². The number of nitrogens with zero attached hydrogens (tertiary/aromatic N) is 4. The smallest absolute Gasteiger partial charge is 0.220 e. The van der Waals surface area contributed by atoms with Gasteiger partial charge in [-0.05, 0) is 49.8 Å². The molecule has 0 spiro atoms. The van der Waals surface area contributed by atoms with Crippen LogP contribution in [0.2, 0.25) is 5.02 Å². The van der Waals surface area contributed by atoms with Gasteiger partial charge in [0.1, 0.15) is 6.33 Å². The van der Waals surface area contributed by atoms with E-state index in [1.54, 1.807) is 12.5 Å². The highest BCUT2D eigenvalue weighted by atomic mass is 35.5. The zero-order valence-corrected chi connectivity index (χ0v) is 16.9. The summed E-state index contributed by atoms with van der Waals surface area (Å²) < 4.78 is 2.03. The standard InChI is InChI=1S/C22H24ClN5O/c23-20-4-2-1-3-16(20)5-10-22(29)27-18-6-8-19(9-7-18)28-14-17(13-26-28)21-11-12-24-15-25-21/h1-4,11-15,18-19H,5-10H2,(H,27,29). The molecule has 2 heterocycles. The predicted octanol–water partition coefficient (Wildman–Crippen LogP) is 4.23. The van der Waals surface area contributed by atoms with Crippen LogP contribution in [0, 0.1) is 0 Å². The predicted molar refractivity (Wildman–Crippen MR) is 112 cm³/mol. The van der Waals surface area contributed by atoms with E-state index in [-0.39, 0.29) is 11.9 Å². The van der Waals surface area contributed by atoms with E-state index in [0.29, 0.717) is 18.9 Å². The first-order valence-corrected chi connectivity index (χ1v) is 10.4. The molecule has 1 amide bonds. The third-order valence-electron chi connectivity index (χ3n) is 5.49. The molecule has 1 fully saturated rings. The lowest BCUT2D eigenvalue weighted by Crippen LogP contribution is -2.38. The number of hydrogen-bond acceptors (Lipinski definition) is 4. The summed E-state index contributed by atoms with van der Waals surface area (Å²) in [5.41, 5.74) is 2.90. The van der Waals surface area contributed by atoms with Crippen LogP contribution in [0.5, 0.6) is 0 Å². The Morgan fingerprint density at radius 1 is 1.17 bits per heavy atom. The Morgan fingerprint density at radius 3 is 2.76 bits per heavy atom. The quantitative estimate of drug-likeness (QED) is 0.661. The number of nitrogens with one attached hydrogen (secondary N) is 1. The summed E-state index contributed by atoms with van der Waals surface area (Å²) >= 11 is 6.17. The van der Waals surface area contributed by atoms with Gasteiger partial charge in [-0.3, -0.25) is 9.48 Å². The molecular weight excluding hydrogens is 386 g/mol. The molecule has 0 unspecified atom stereocenters. The molecule has 1 aliphatic carbocycles. The zero-order chi connectivity index (χ0) is 20.1. The van der Waals surface area contributed by atoms with Gasteiger partial charge in [0, 0.05) is 35.4 Å². The number of hydrogen-bond donors (Lipinski definition) is 1. The van der Waals surface area contributed by atoms with Crippen molar-refractivity contribution in [1.29, 1.82) is 0 Å². The molecule has 2 aromatic heterocycles. The van der Waals surface area contributed by atoms with Crippen LogP contribution in [-0.2, 0) is 11.2 Å². The lowest BCUT2D eigenvalue weighted by Gasteiger charge is -2.29. The number of aryl methyl sites for hydroxylation is 1. The molecular formula is C22H24ClN5O. The van der Waals surface area contributed by atoms with Gasteiger partial charge in [-0.15, -0.1) is 0 Å². The van der Waals surface area contributed by atoms with Crippen molar-refractivity contribution in [3.05, 3.63) is 65.8 Å². The summed E-state index contributed by atoms with van der Waals surface area (Å²) in [6.45, 7) is 0. The van der Waals surface area contributed by atoms with Crippen LogP contribution in [0.3, 0.4) is 0 Å². The minimum absolute atomic E-state index is 0.0958. The van der Waals surface area contributed by atoms with Gasteiger partial charge in [0.05, 0.1) is 17.9 Å². The number of benzene rings is 1. The average Bonchev–Trinajstić information content (AvgIpc) is 3.25. The SMILES string of the molecule is O=C(CCc1ccccc1Cl)NC1CCC(n2cc(-c3ccncn3)cn2)CC1. The Bertz CT molecular complexity index is 951. The van der Waals surface area contributed by atoms with Gasteiger partial charge in [-0.25, -0.2) is 9.97 Å². The molecule has 150 valence electrons. The number of rotatable bonds is 6. The van der Waals surface area contributed by atoms with Gasteiger partial charge in [0.2, 0.25) is 5.91 Å². The fourth-order valence-electron chi connectivity index (χ4n) is 3.87.